The van der Waals surface area contributed by atoms with Gasteiger partial charge < -0.3 is 14.1 Å². The molecule has 2 aromatic heterocycles. The van der Waals surface area contributed by atoms with E-state index in [9.17, 15) is 9.59 Å². The molecule has 0 unspecified atom stereocenters. The van der Waals surface area contributed by atoms with E-state index in [1.807, 2.05) is 29.2 Å². The van der Waals surface area contributed by atoms with E-state index in [0.717, 1.165) is 35.3 Å². The summed E-state index contributed by atoms with van der Waals surface area (Å²) in [7, 11) is 1.33. The van der Waals surface area contributed by atoms with Crippen LogP contribution in [-0.4, -0.2) is 42.0 Å². The second-order valence-electron chi connectivity index (χ2n) is 6.27. The summed E-state index contributed by atoms with van der Waals surface area (Å²) in [4.78, 5) is 31.8. The standard InChI is InChI=1S/C19H18N2O4S/c1-24-19(23)16-9-8-15(26-16)18(22)21-10-4-5-12(11-21)17-20-13-6-2-3-7-14(13)25-17/h2-3,6-9,12H,4-5,10-11H2,1H3/t12-/m1/s1. The number of likely N-dealkylation sites (tertiary alicyclic amines) is 1. The average molecular weight is 370 g/mol. The van der Waals surface area contributed by atoms with Crippen LogP contribution in [0.25, 0.3) is 11.1 Å². The highest BCUT2D eigenvalue weighted by Crippen LogP contribution is 2.30. The summed E-state index contributed by atoms with van der Waals surface area (Å²) < 4.78 is 10.6. The van der Waals surface area contributed by atoms with Gasteiger partial charge in [0, 0.05) is 13.1 Å². The first kappa shape index (κ1) is 16.8. The van der Waals surface area contributed by atoms with Crippen molar-refractivity contribution in [3.63, 3.8) is 0 Å². The van der Waals surface area contributed by atoms with Crippen molar-refractivity contribution < 1.29 is 18.7 Å². The van der Waals surface area contributed by atoms with Gasteiger partial charge in [-0.05, 0) is 37.1 Å². The lowest BCUT2D eigenvalue weighted by atomic mass is 9.98. The summed E-state index contributed by atoms with van der Waals surface area (Å²) in [6.45, 7) is 1.26. The third-order valence-corrected chi connectivity index (χ3v) is 5.62. The third-order valence-electron chi connectivity index (χ3n) is 4.57. The van der Waals surface area contributed by atoms with Crippen molar-refractivity contribution in [2.45, 2.75) is 18.8 Å². The third kappa shape index (κ3) is 3.10. The van der Waals surface area contributed by atoms with Gasteiger partial charge in [-0.1, -0.05) is 12.1 Å². The summed E-state index contributed by atoms with van der Waals surface area (Å²) in [6.07, 6.45) is 1.83. The zero-order chi connectivity index (χ0) is 18.1. The van der Waals surface area contributed by atoms with Crippen LogP contribution in [0, 0.1) is 0 Å². The summed E-state index contributed by atoms with van der Waals surface area (Å²) >= 11 is 1.16. The van der Waals surface area contributed by atoms with Crippen LogP contribution in [0.4, 0.5) is 0 Å². The molecular formula is C19H18N2O4S. The van der Waals surface area contributed by atoms with Crippen LogP contribution in [0.15, 0.2) is 40.8 Å². The number of hydrogen-bond donors (Lipinski definition) is 0. The number of hydrogen-bond acceptors (Lipinski definition) is 6. The number of thiophene rings is 1. The fraction of sp³-hybridized carbons (Fsp3) is 0.316. The van der Waals surface area contributed by atoms with Crippen molar-refractivity contribution in [2.24, 2.45) is 0 Å². The Bertz CT molecular complexity index is 928. The van der Waals surface area contributed by atoms with E-state index in [4.69, 9.17) is 9.15 Å². The van der Waals surface area contributed by atoms with Crippen LogP contribution in [-0.2, 0) is 4.74 Å². The largest absolute Gasteiger partial charge is 0.465 e. The molecule has 1 aromatic carbocycles. The van der Waals surface area contributed by atoms with Gasteiger partial charge >= 0.3 is 5.97 Å². The normalized spacial score (nSPS) is 17.4. The van der Waals surface area contributed by atoms with E-state index in [2.05, 4.69) is 4.98 Å². The molecule has 1 saturated heterocycles. The molecule has 0 saturated carbocycles. The highest BCUT2D eigenvalue weighted by atomic mass is 32.1. The molecule has 0 aliphatic carbocycles. The number of nitrogens with zero attached hydrogens (tertiary/aromatic N) is 2. The number of carbonyl (C=O) groups is 2. The van der Waals surface area contributed by atoms with Crippen molar-refractivity contribution in [3.05, 3.63) is 52.0 Å². The number of esters is 1. The molecule has 0 N–H and O–H groups in total. The number of carbonyl (C=O) groups excluding carboxylic acids is 2. The first-order valence-electron chi connectivity index (χ1n) is 8.48. The van der Waals surface area contributed by atoms with Crippen LogP contribution >= 0.6 is 11.3 Å². The fourth-order valence-electron chi connectivity index (χ4n) is 3.25. The molecule has 26 heavy (non-hydrogen) atoms. The SMILES string of the molecule is COC(=O)c1ccc(C(=O)N2CCC[C@@H](c3nc4ccccc4o3)C2)s1. The van der Waals surface area contributed by atoms with Gasteiger partial charge in [0.05, 0.1) is 17.9 Å². The van der Waals surface area contributed by atoms with Gasteiger partial charge in [0.25, 0.3) is 5.91 Å². The van der Waals surface area contributed by atoms with Crippen LogP contribution in [0.1, 0.15) is 44.0 Å². The number of amides is 1. The monoisotopic (exact) mass is 370 g/mol. The summed E-state index contributed by atoms with van der Waals surface area (Å²) in [5.74, 6) is 0.285. The maximum Gasteiger partial charge on any atom is 0.348 e. The Morgan fingerprint density at radius 3 is 2.85 bits per heavy atom. The second kappa shape index (κ2) is 6.92. The van der Waals surface area contributed by atoms with Gasteiger partial charge in [-0.2, -0.15) is 0 Å². The van der Waals surface area contributed by atoms with E-state index in [1.54, 1.807) is 12.1 Å². The lowest BCUT2D eigenvalue weighted by Gasteiger charge is -2.30. The van der Waals surface area contributed by atoms with Gasteiger partial charge in [-0.15, -0.1) is 11.3 Å². The summed E-state index contributed by atoms with van der Waals surface area (Å²) in [6, 6.07) is 11.0. The minimum absolute atomic E-state index is 0.0639. The molecule has 7 heteroatoms. The van der Waals surface area contributed by atoms with E-state index >= 15 is 0 Å². The van der Waals surface area contributed by atoms with Crippen molar-refractivity contribution in [1.82, 2.24) is 9.88 Å². The van der Waals surface area contributed by atoms with E-state index in [0.29, 0.717) is 28.7 Å². The second-order valence-corrected chi connectivity index (χ2v) is 7.35. The number of methoxy groups -OCH3 is 1. The number of aromatic nitrogens is 1. The Hall–Kier alpha value is -2.67. The highest BCUT2D eigenvalue weighted by molar-refractivity contribution is 7.15. The topological polar surface area (TPSA) is 72.6 Å². The van der Waals surface area contributed by atoms with Crippen molar-refractivity contribution >= 4 is 34.3 Å². The molecule has 1 aliphatic rings. The Morgan fingerprint density at radius 2 is 2.04 bits per heavy atom. The number of fused-ring (bicyclic) bond motifs is 1. The van der Waals surface area contributed by atoms with Crippen LogP contribution < -0.4 is 0 Å². The molecular weight excluding hydrogens is 352 g/mol. The van der Waals surface area contributed by atoms with Gasteiger partial charge in [0.2, 0.25) is 0 Å². The number of piperidine rings is 1. The van der Waals surface area contributed by atoms with Crippen LogP contribution in [0.3, 0.4) is 0 Å². The van der Waals surface area contributed by atoms with E-state index < -0.39 is 5.97 Å². The summed E-state index contributed by atoms with van der Waals surface area (Å²) in [5.41, 5.74) is 1.61. The Morgan fingerprint density at radius 1 is 1.23 bits per heavy atom. The lowest BCUT2D eigenvalue weighted by Crippen LogP contribution is -2.38. The lowest BCUT2D eigenvalue weighted by molar-refractivity contribution is 0.0606. The van der Waals surface area contributed by atoms with Gasteiger partial charge in [-0.3, -0.25) is 4.79 Å². The van der Waals surface area contributed by atoms with Crippen molar-refractivity contribution in [3.8, 4) is 0 Å². The number of ether oxygens (including phenoxy) is 1. The van der Waals surface area contributed by atoms with Gasteiger partial charge in [-0.25, -0.2) is 9.78 Å². The van der Waals surface area contributed by atoms with Crippen LogP contribution in [0.5, 0.6) is 0 Å². The Balaban J connectivity index is 1.51. The minimum Gasteiger partial charge on any atom is -0.465 e. The van der Waals surface area contributed by atoms with Crippen molar-refractivity contribution in [2.75, 3.05) is 20.2 Å². The first-order valence-corrected chi connectivity index (χ1v) is 9.30. The number of para-hydroxylation sites is 2. The molecule has 0 bridgehead atoms. The van der Waals surface area contributed by atoms with Gasteiger partial charge in [0.1, 0.15) is 10.4 Å². The minimum atomic E-state index is -0.419. The highest BCUT2D eigenvalue weighted by Gasteiger charge is 2.29. The molecule has 0 radical (unpaired) electrons. The Kier molecular flexibility index (Phi) is 4.46. The number of oxazole rings is 1. The first-order chi connectivity index (χ1) is 12.7. The molecule has 0 spiro atoms. The van der Waals surface area contributed by atoms with Crippen molar-refractivity contribution in [1.29, 1.82) is 0 Å². The Labute approximate surface area is 154 Å². The molecule has 1 atom stereocenters. The molecule has 3 aromatic rings. The van der Waals surface area contributed by atoms with E-state index in [1.165, 1.54) is 7.11 Å². The molecule has 1 aliphatic heterocycles. The molecule has 1 amide bonds. The summed E-state index contributed by atoms with van der Waals surface area (Å²) in [5, 5.41) is 0. The maximum atomic E-state index is 12.8. The van der Waals surface area contributed by atoms with Crippen LogP contribution in [0.2, 0.25) is 0 Å². The molecule has 134 valence electrons. The van der Waals surface area contributed by atoms with E-state index in [-0.39, 0.29) is 11.8 Å². The zero-order valence-corrected chi connectivity index (χ0v) is 15.1. The quantitative estimate of drug-likeness (QED) is 0.658. The maximum absolute atomic E-state index is 12.8. The smallest absolute Gasteiger partial charge is 0.348 e. The average Bonchev–Trinajstić information content (AvgIpc) is 3.34. The molecule has 6 nitrogen and oxygen atoms in total. The molecule has 3 heterocycles. The number of rotatable bonds is 3. The molecule has 4 rings (SSSR count). The molecule has 1 fully saturated rings. The fourth-order valence-corrected chi connectivity index (χ4v) is 4.14. The predicted octanol–water partition coefficient (Wildman–Crippen LogP) is 3.70. The van der Waals surface area contributed by atoms with Gasteiger partial charge in [0.15, 0.2) is 11.5 Å². The predicted molar refractivity (Wildman–Crippen MR) is 97.5 cm³/mol. The number of benzene rings is 1. The zero-order valence-electron chi connectivity index (χ0n) is 14.3.